The number of nitrogens with one attached hydrogen (secondary N) is 2. The summed E-state index contributed by atoms with van der Waals surface area (Å²) in [6, 6.07) is 5.76. The number of carbonyl (C=O) groups excluding carboxylic acids is 2. The van der Waals surface area contributed by atoms with Crippen LogP contribution in [0.4, 0.5) is 5.00 Å². The van der Waals surface area contributed by atoms with Crippen LogP contribution in [-0.4, -0.2) is 18.9 Å². The van der Waals surface area contributed by atoms with E-state index in [1.807, 2.05) is 45.9 Å². The normalized spacial score (nSPS) is 10.4. The molecule has 2 rings (SSSR count). The highest BCUT2D eigenvalue weighted by Gasteiger charge is 2.21. The molecule has 22 heavy (non-hydrogen) atoms. The van der Waals surface area contributed by atoms with Crippen LogP contribution in [0.1, 0.15) is 42.3 Å². The molecule has 0 unspecified atom stereocenters. The molecule has 0 saturated heterocycles. The number of hydrogen-bond donors (Lipinski definition) is 2. The van der Waals surface area contributed by atoms with Gasteiger partial charge in [-0.15, -0.1) is 11.3 Å². The van der Waals surface area contributed by atoms with Gasteiger partial charge < -0.3 is 10.6 Å². The zero-order valence-corrected chi connectivity index (χ0v) is 14.3. The van der Waals surface area contributed by atoms with Crippen LogP contribution < -0.4 is 10.6 Å². The molecule has 116 valence electrons. The summed E-state index contributed by atoms with van der Waals surface area (Å²) >= 11 is 1.42. The van der Waals surface area contributed by atoms with Gasteiger partial charge >= 0.3 is 0 Å². The summed E-state index contributed by atoms with van der Waals surface area (Å²) < 4.78 is 0. The number of benzene rings is 1. The Balaban J connectivity index is 2.39. The third-order valence-corrected chi connectivity index (χ3v) is 4.83. The van der Waals surface area contributed by atoms with Gasteiger partial charge in [-0.25, -0.2) is 0 Å². The van der Waals surface area contributed by atoms with E-state index in [0.29, 0.717) is 16.1 Å². The van der Waals surface area contributed by atoms with Crippen LogP contribution in [0.2, 0.25) is 0 Å². The Bertz CT molecular complexity index is 747. The molecule has 0 spiro atoms. The first-order valence-corrected chi connectivity index (χ1v) is 7.87. The highest BCUT2D eigenvalue weighted by atomic mass is 32.1. The van der Waals surface area contributed by atoms with E-state index >= 15 is 0 Å². The fourth-order valence-electron chi connectivity index (χ4n) is 2.26. The van der Waals surface area contributed by atoms with Crippen molar-refractivity contribution in [1.29, 1.82) is 0 Å². The number of carbonyl (C=O) groups is 2. The van der Waals surface area contributed by atoms with Crippen molar-refractivity contribution in [2.45, 2.75) is 27.7 Å². The lowest BCUT2D eigenvalue weighted by molar-refractivity contribution is 0.0963. The molecule has 0 fully saturated rings. The molecule has 0 aliphatic rings. The van der Waals surface area contributed by atoms with Gasteiger partial charge in [0.25, 0.3) is 11.8 Å². The number of amides is 2. The fraction of sp³-hybridized carbons (Fsp3) is 0.294. The minimum Gasteiger partial charge on any atom is -0.355 e. The quantitative estimate of drug-likeness (QED) is 0.909. The number of hydrogen-bond acceptors (Lipinski definition) is 3. The second-order valence-corrected chi connectivity index (χ2v) is 6.56. The van der Waals surface area contributed by atoms with Gasteiger partial charge in [0.15, 0.2) is 0 Å². The van der Waals surface area contributed by atoms with Crippen molar-refractivity contribution >= 4 is 28.2 Å². The van der Waals surface area contributed by atoms with Crippen molar-refractivity contribution in [3.8, 4) is 0 Å². The molecule has 1 aromatic carbocycles. The third kappa shape index (κ3) is 3.04. The summed E-state index contributed by atoms with van der Waals surface area (Å²) in [5, 5.41) is 6.11. The Morgan fingerprint density at radius 1 is 1.05 bits per heavy atom. The van der Waals surface area contributed by atoms with Gasteiger partial charge in [-0.3, -0.25) is 9.59 Å². The van der Waals surface area contributed by atoms with Gasteiger partial charge in [-0.2, -0.15) is 0 Å². The lowest BCUT2D eigenvalue weighted by Crippen LogP contribution is -2.21. The van der Waals surface area contributed by atoms with E-state index in [4.69, 9.17) is 0 Å². The minimum absolute atomic E-state index is 0.182. The standard InChI is InChI=1S/C17H20N2O2S/c1-9-6-7-10(2)13(8-9)15(20)19-17-14(16(21)18-5)11(3)12(4)22-17/h6-8H,1-5H3,(H,18,21)(H,19,20). The Hall–Kier alpha value is -2.14. The Kier molecular flexibility index (Phi) is 4.66. The van der Waals surface area contributed by atoms with E-state index in [1.54, 1.807) is 7.05 Å². The van der Waals surface area contributed by atoms with Gasteiger partial charge in [-0.1, -0.05) is 17.7 Å². The van der Waals surface area contributed by atoms with Crippen molar-refractivity contribution < 1.29 is 9.59 Å². The summed E-state index contributed by atoms with van der Waals surface area (Å²) in [7, 11) is 1.59. The lowest BCUT2D eigenvalue weighted by atomic mass is 10.0. The Morgan fingerprint density at radius 3 is 2.36 bits per heavy atom. The first kappa shape index (κ1) is 16.2. The molecule has 0 aliphatic heterocycles. The minimum atomic E-state index is -0.187. The SMILES string of the molecule is CNC(=O)c1c(NC(=O)c2cc(C)ccc2C)sc(C)c1C. The maximum Gasteiger partial charge on any atom is 0.256 e. The molecule has 1 heterocycles. The molecule has 0 saturated carbocycles. The van der Waals surface area contributed by atoms with Crippen molar-refractivity contribution in [3.63, 3.8) is 0 Å². The number of anilines is 1. The fourth-order valence-corrected chi connectivity index (χ4v) is 3.32. The average Bonchev–Trinajstić information content (AvgIpc) is 2.75. The third-order valence-electron chi connectivity index (χ3n) is 3.70. The molecule has 0 aliphatic carbocycles. The maximum atomic E-state index is 12.5. The van der Waals surface area contributed by atoms with Crippen LogP contribution in [0.3, 0.4) is 0 Å². The highest BCUT2D eigenvalue weighted by Crippen LogP contribution is 2.32. The molecule has 5 heteroatoms. The molecule has 2 N–H and O–H groups in total. The van der Waals surface area contributed by atoms with Crippen molar-refractivity contribution in [1.82, 2.24) is 5.32 Å². The van der Waals surface area contributed by atoms with Gasteiger partial charge in [-0.05, 0) is 44.9 Å². The van der Waals surface area contributed by atoms with E-state index in [9.17, 15) is 9.59 Å². The molecule has 1 aromatic heterocycles. The van der Waals surface area contributed by atoms with E-state index < -0.39 is 0 Å². The van der Waals surface area contributed by atoms with Crippen LogP contribution in [0.25, 0.3) is 0 Å². The summed E-state index contributed by atoms with van der Waals surface area (Å²) in [6.07, 6.45) is 0. The van der Waals surface area contributed by atoms with Crippen LogP contribution >= 0.6 is 11.3 Å². The Labute approximate surface area is 134 Å². The monoisotopic (exact) mass is 316 g/mol. The maximum absolute atomic E-state index is 12.5. The first-order chi connectivity index (χ1) is 10.3. The predicted octanol–water partition coefficient (Wildman–Crippen LogP) is 3.59. The van der Waals surface area contributed by atoms with E-state index in [2.05, 4.69) is 10.6 Å². The average molecular weight is 316 g/mol. The van der Waals surface area contributed by atoms with Crippen LogP contribution in [-0.2, 0) is 0 Å². The smallest absolute Gasteiger partial charge is 0.256 e. The highest BCUT2D eigenvalue weighted by molar-refractivity contribution is 7.16. The van der Waals surface area contributed by atoms with Crippen LogP contribution in [0.5, 0.6) is 0 Å². The number of aryl methyl sites for hydroxylation is 3. The topological polar surface area (TPSA) is 58.2 Å². The van der Waals surface area contributed by atoms with Crippen molar-refractivity contribution in [2.75, 3.05) is 12.4 Å². The summed E-state index contributed by atoms with van der Waals surface area (Å²) in [6.45, 7) is 7.69. The van der Waals surface area contributed by atoms with Crippen LogP contribution in [0.15, 0.2) is 18.2 Å². The molecule has 0 radical (unpaired) electrons. The molecule has 0 atom stereocenters. The zero-order valence-electron chi connectivity index (χ0n) is 13.5. The molecule has 2 aromatic rings. The molecular weight excluding hydrogens is 296 g/mol. The summed E-state index contributed by atoms with van der Waals surface area (Å²) in [5.74, 6) is -0.370. The molecule has 4 nitrogen and oxygen atoms in total. The summed E-state index contributed by atoms with van der Waals surface area (Å²) in [4.78, 5) is 25.6. The first-order valence-electron chi connectivity index (χ1n) is 7.05. The summed E-state index contributed by atoms with van der Waals surface area (Å²) in [5.41, 5.74) is 4.02. The van der Waals surface area contributed by atoms with Crippen molar-refractivity contribution in [2.24, 2.45) is 0 Å². The van der Waals surface area contributed by atoms with Gasteiger partial charge in [0.2, 0.25) is 0 Å². The number of rotatable bonds is 3. The Morgan fingerprint density at radius 2 is 1.73 bits per heavy atom. The number of thiophene rings is 1. The molecular formula is C17H20N2O2S. The van der Waals surface area contributed by atoms with E-state index in [1.165, 1.54) is 11.3 Å². The second kappa shape index (κ2) is 6.32. The second-order valence-electron chi connectivity index (χ2n) is 5.34. The van der Waals surface area contributed by atoms with E-state index in [0.717, 1.165) is 21.6 Å². The zero-order chi connectivity index (χ0) is 16.4. The van der Waals surface area contributed by atoms with Crippen LogP contribution in [0, 0.1) is 27.7 Å². The molecule has 0 bridgehead atoms. The van der Waals surface area contributed by atoms with Crippen molar-refractivity contribution in [3.05, 3.63) is 50.9 Å². The van der Waals surface area contributed by atoms with Gasteiger partial charge in [0.05, 0.1) is 5.56 Å². The van der Waals surface area contributed by atoms with Gasteiger partial charge in [0, 0.05) is 17.5 Å². The predicted molar refractivity (Wildman–Crippen MR) is 91.1 cm³/mol. The molecule has 2 amide bonds. The largest absolute Gasteiger partial charge is 0.355 e. The lowest BCUT2D eigenvalue weighted by Gasteiger charge is -2.09. The van der Waals surface area contributed by atoms with E-state index in [-0.39, 0.29) is 11.8 Å². The van der Waals surface area contributed by atoms with Gasteiger partial charge in [0.1, 0.15) is 5.00 Å².